The van der Waals surface area contributed by atoms with Crippen LogP contribution in [0.1, 0.15) is 10.5 Å². The molecule has 26 heavy (non-hydrogen) atoms. The molecule has 1 saturated heterocycles. The number of anilines is 1. The van der Waals surface area contributed by atoms with Gasteiger partial charge in [0.15, 0.2) is 0 Å². The number of nitrogens with zero attached hydrogens (tertiary/aromatic N) is 6. The highest BCUT2D eigenvalue weighted by Gasteiger charge is 2.23. The van der Waals surface area contributed by atoms with Gasteiger partial charge in [0.25, 0.3) is 5.91 Å². The first-order valence-electron chi connectivity index (χ1n) is 8.35. The Morgan fingerprint density at radius 3 is 2.65 bits per heavy atom. The fourth-order valence-corrected chi connectivity index (χ4v) is 3.12. The second kappa shape index (κ2) is 6.91. The van der Waals surface area contributed by atoms with E-state index in [0.717, 1.165) is 29.7 Å². The van der Waals surface area contributed by atoms with Crippen LogP contribution in [0.5, 0.6) is 5.88 Å². The van der Waals surface area contributed by atoms with Crippen molar-refractivity contribution in [3.63, 3.8) is 0 Å². The number of methoxy groups -OCH3 is 1. The van der Waals surface area contributed by atoms with Gasteiger partial charge in [0.1, 0.15) is 12.0 Å². The number of hydrogen-bond acceptors (Lipinski definition) is 7. The van der Waals surface area contributed by atoms with Gasteiger partial charge in [0, 0.05) is 44.3 Å². The first-order valence-corrected chi connectivity index (χ1v) is 8.35. The van der Waals surface area contributed by atoms with Crippen molar-refractivity contribution in [2.45, 2.75) is 0 Å². The molecule has 8 nitrogen and oxygen atoms in total. The van der Waals surface area contributed by atoms with E-state index < -0.39 is 0 Å². The molecule has 0 radical (unpaired) electrons. The van der Waals surface area contributed by atoms with E-state index in [2.05, 4.69) is 24.8 Å². The predicted octanol–water partition coefficient (Wildman–Crippen LogP) is 1.39. The SMILES string of the molecule is COc1ncnc2ccc(N3CCN(C(=O)c4cnccn4)CC3)cc12. The number of hydrogen-bond donors (Lipinski definition) is 0. The smallest absolute Gasteiger partial charge is 0.274 e. The van der Waals surface area contributed by atoms with Gasteiger partial charge in [-0.05, 0) is 18.2 Å². The summed E-state index contributed by atoms with van der Waals surface area (Å²) in [5.74, 6) is 0.486. The number of piperazine rings is 1. The molecule has 1 fully saturated rings. The number of carbonyl (C=O) groups is 1. The summed E-state index contributed by atoms with van der Waals surface area (Å²) < 4.78 is 5.33. The topological polar surface area (TPSA) is 84.3 Å². The zero-order valence-electron chi connectivity index (χ0n) is 14.4. The summed E-state index contributed by atoms with van der Waals surface area (Å²) in [5.41, 5.74) is 2.29. The largest absolute Gasteiger partial charge is 0.480 e. The molecule has 1 aliphatic rings. The molecule has 1 amide bonds. The number of carbonyl (C=O) groups excluding carboxylic acids is 1. The van der Waals surface area contributed by atoms with E-state index in [1.807, 2.05) is 23.1 Å². The van der Waals surface area contributed by atoms with Crippen LogP contribution in [0.2, 0.25) is 0 Å². The molecule has 3 heterocycles. The fourth-order valence-electron chi connectivity index (χ4n) is 3.12. The lowest BCUT2D eigenvalue weighted by Gasteiger charge is -2.36. The molecule has 1 aromatic carbocycles. The third-order valence-corrected chi connectivity index (χ3v) is 4.49. The summed E-state index contributed by atoms with van der Waals surface area (Å²) in [4.78, 5) is 33.0. The van der Waals surface area contributed by atoms with Gasteiger partial charge in [-0.15, -0.1) is 0 Å². The molecule has 0 aliphatic carbocycles. The highest BCUT2D eigenvalue weighted by atomic mass is 16.5. The van der Waals surface area contributed by atoms with Crippen molar-refractivity contribution >= 4 is 22.5 Å². The van der Waals surface area contributed by atoms with Crippen LogP contribution in [0.3, 0.4) is 0 Å². The minimum absolute atomic E-state index is 0.0775. The van der Waals surface area contributed by atoms with Crippen LogP contribution in [0, 0.1) is 0 Å². The summed E-state index contributed by atoms with van der Waals surface area (Å²) in [6, 6.07) is 6.04. The van der Waals surface area contributed by atoms with Gasteiger partial charge in [0.05, 0.1) is 24.2 Å². The van der Waals surface area contributed by atoms with Gasteiger partial charge in [-0.25, -0.2) is 15.0 Å². The van der Waals surface area contributed by atoms with E-state index in [4.69, 9.17) is 4.74 Å². The molecule has 0 atom stereocenters. The van der Waals surface area contributed by atoms with Crippen molar-refractivity contribution in [1.29, 1.82) is 0 Å². The van der Waals surface area contributed by atoms with Crippen LogP contribution in [0.4, 0.5) is 5.69 Å². The third-order valence-electron chi connectivity index (χ3n) is 4.49. The van der Waals surface area contributed by atoms with E-state index in [1.165, 1.54) is 18.7 Å². The lowest BCUT2D eigenvalue weighted by molar-refractivity contribution is 0.0740. The van der Waals surface area contributed by atoms with E-state index in [1.54, 1.807) is 13.3 Å². The fraction of sp³-hybridized carbons (Fsp3) is 0.278. The number of ether oxygens (including phenoxy) is 1. The summed E-state index contributed by atoms with van der Waals surface area (Å²) in [5, 5.41) is 0.880. The van der Waals surface area contributed by atoms with Gasteiger partial charge < -0.3 is 14.5 Å². The van der Waals surface area contributed by atoms with E-state index in [9.17, 15) is 4.79 Å². The molecule has 4 rings (SSSR count). The van der Waals surface area contributed by atoms with Crippen molar-refractivity contribution in [1.82, 2.24) is 24.8 Å². The Hall–Kier alpha value is -3.29. The highest BCUT2D eigenvalue weighted by Crippen LogP contribution is 2.27. The zero-order chi connectivity index (χ0) is 17.9. The first kappa shape index (κ1) is 16.2. The van der Waals surface area contributed by atoms with Crippen LogP contribution in [-0.4, -0.2) is 64.0 Å². The molecule has 1 aliphatic heterocycles. The molecule has 0 saturated carbocycles. The number of benzene rings is 1. The normalized spacial score (nSPS) is 14.5. The minimum atomic E-state index is -0.0775. The molecule has 2 aromatic heterocycles. The molecule has 0 bridgehead atoms. The maximum absolute atomic E-state index is 12.5. The molecular weight excluding hydrogens is 332 g/mol. The second-order valence-electron chi connectivity index (χ2n) is 5.95. The van der Waals surface area contributed by atoms with Crippen LogP contribution in [-0.2, 0) is 0 Å². The molecule has 132 valence electrons. The van der Waals surface area contributed by atoms with Crippen LogP contribution < -0.4 is 9.64 Å². The van der Waals surface area contributed by atoms with Crippen molar-refractivity contribution in [3.8, 4) is 5.88 Å². The minimum Gasteiger partial charge on any atom is -0.480 e. The van der Waals surface area contributed by atoms with Crippen molar-refractivity contribution < 1.29 is 9.53 Å². The van der Waals surface area contributed by atoms with Crippen molar-refractivity contribution in [2.24, 2.45) is 0 Å². The highest BCUT2D eigenvalue weighted by molar-refractivity contribution is 5.92. The Morgan fingerprint density at radius 2 is 1.92 bits per heavy atom. The van der Waals surface area contributed by atoms with Gasteiger partial charge in [-0.1, -0.05) is 0 Å². The average Bonchev–Trinajstić information content (AvgIpc) is 2.73. The van der Waals surface area contributed by atoms with Gasteiger partial charge in [-0.3, -0.25) is 9.78 Å². The Morgan fingerprint density at radius 1 is 1.08 bits per heavy atom. The van der Waals surface area contributed by atoms with Gasteiger partial charge >= 0.3 is 0 Å². The summed E-state index contributed by atoms with van der Waals surface area (Å²) in [7, 11) is 1.60. The quantitative estimate of drug-likeness (QED) is 0.706. The molecule has 0 unspecified atom stereocenters. The van der Waals surface area contributed by atoms with Crippen molar-refractivity contribution in [2.75, 3.05) is 38.2 Å². The van der Waals surface area contributed by atoms with E-state index >= 15 is 0 Å². The van der Waals surface area contributed by atoms with Gasteiger partial charge in [0.2, 0.25) is 5.88 Å². The number of amides is 1. The summed E-state index contributed by atoms with van der Waals surface area (Å²) >= 11 is 0. The monoisotopic (exact) mass is 350 g/mol. The Balaban J connectivity index is 1.50. The first-order chi connectivity index (χ1) is 12.8. The Kier molecular flexibility index (Phi) is 4.30. The Labute approximate surface area is 150 Å². The predicted molar refractivity (Wildman–Crippen MR) is 96.2 cm³/mol. The van der Waals surface area contributed by atoms with Crippen molar-refractivity contribution in [3.05, 3.63) is 48.8 Å². The van der Waals surface area contributed by atoms with Crippen LogP contribution >= 0.6 is 0 Å². The number of fused-ring (bicyclic) bond motifs is 1. The number of aromatic nitrogens is 4. The van der Waals surface area contributed by atoms with Crippen LogP contribution in [0.15, 0.2) is 43.1 Å². The summed E-state index contributed by atoms with van der Waals surface area (Å²) in [6.45, 7) is 2.76. The van der Waals surface area contributed by atoms with Gasteiger partial charge in [-0.2, -0.15) is 0 Å². The third kappa shape index (κ3) is 3.01. The molecule has 3 aromatic rings. The van der Waals surface area contributed by atoms with Crippen LogP contribution in [0.25, 0.3) is 10.9 Å². The van der Waals surface area contributed by atoms with E-state index in [0.29, 0.717) is 24.7 Å². The molecule has 0 N–H and O–H groups in total. The maximum atomic E-state index is 12.5. The molecular formula is C18H18N6O2. The lowest BCUT2D eigenvalue weighted by atomic mass is 10.2. The lowest BCUT2D eigenvalue weighted by Crippen LogP contribution is -2.49. The average molecular weight is 350 g/mol. The second-order valence-corrected chi connectivity index (χ2v) is 5.95. The molecule has 8 heteroatoms. The Bertz CT molecular complexity index is 925. The number of rotatable bonds is 3. The van der Waals surface area contributed by atoms with E-state index in [-0.39, 0.29) is 5.91 Å². The zero-order valence-corrected chi connectivity index (χ0v) is 14.4. The standard InChI is InChI=1S/C18H18N6O2/c1-26-17-14-10-13(2-3-15(14)21-12-22-17)23-6-8-24(9-7-23)18(25)16-11-19-4-5-20-16/h2-5,10-12H,6-9H2,1H3. The maximum Gasteiger partial charge on any atom is 0.274 e. The summed E-state index contributed by atoms with van der Waals surface area (Å²) in [6.07, 6.45) is 6.10. The molecule has 0 spiro atoms.